The zero-order chi connectivity index (χ0) is 17.7. The van der Waals surface area contributed by atoms with Gasteiger partial charge in [0.2, 0.25) is 0 Å². The number of hydrogen-bond donors (Lipinski definition) is 0. The van der Waals surface area contributed by atoms with Gasteiger partial charge in [-0.15, -0.1) is 0 Å². The molecule has 0 spiro atoms. The first-order valence-electron chi connectivity index (χ1n) is 8.35. The summed E-state index contributed by atoms with van der Waals surface area (Å²) in [6, 6.07) is 11.1. The first-order valence-corrected chi connectivity index (χ1v) is 9.48. The molecule has 0 heterocycles. The van der Waals surface area contributed by atoms with Crippen LogP contribution in [0.4, 0.5) is 0 Å². The predicted molar refractivity (Wildman–Crippen MR) is 104 cm³/mol. The summed E-state index contributed by atoms with van der Waals surface area (Å²) in [5, 5.41) is 0.901. The summed E-state index contributed by atoms with van der Waals surface area (Å²) < 4.78 is 10.7. The molecule has 0 bridgehead atoms. The van der Waals surface area contributed by atoms with Gasteiger partial charge in [-0.3, -0.25) is 0 Å². The van der Waals surface area contributed by atoms with Crippen molar-refractivity contribution in [2.24, 2.45) is 0 Å². The maximum Gasteiger partial charge on any atom is 0.188 e. The minimum absolute atomic E-state index is 0.283. The van der Waals surface area contributed by atoms with Crippen molar-refractivity contribution in [3.8, 4) is 5.75 Å². The fraction of sp³-hybridized carbons (Fsp3) is 0.429. The summed E-state index contributed by atoms with van der Waals surface area (Å²) in [5.41, 5.74) is 8.02. The van der Waals surface area contributed by atoms with E-state index in [2.05, 4.69) is 74.0 Å². The lowest BCUT2D eigenvalue weighted by Crippen LogP contribution is -2.04. The number of ether oxygens (including phenoxy) is 2. The van der Waals surface area contributed by atoms with E-state index in [0.29, 0.717) is 5.92 Å². The van der Waals surface area contributed by atoms with Crippen molar-refractivity contribution >= 4 is 15.9 Å². The molecule has 0 aromatic heterocycles. The van der Waals surface area contributed by atoms with Gasteiger partial charge in [0, 0.05) is 12.4 Å². The van der Waals surface area contributed by atoms with Gasteiger partial charge >= 0.3 is 0 Å². The Morgan fingerprint density at radius 2 is 1.67 bits per heavy atom. The van der Waals surface area contributed by atoms with Crippen LogP contribution in [-0.2, 0) is 16.5 Å². The normalized spacial score (nSPS) is 11.1. The summed E-state index contributed by atoms with van der Waals surface area (Å²) >= 11 is 3.55. The lowest BCUT2D eigenvalue weighted by atomic mass is 9.92. The number of aryl methyl sites for hydroxylation is 2. The van der Waals surface area contributed by atoms with E-state index in [4.69, 9.17) is 9.47 Å². The molecule has 0 amide bonds. The Hall–Kier alpha value is -1.32. The molecule has 0 saturated heterocycles. The van der Waals surface area contributed by atoms with Crippen LogP contribution in [0, 0.1) is 13.8 Å². The maximum absolute atomic E-state index is 5.70. The van der Waals surface area contributed by atoms with E-state index < -0.39 is 0 Å². The molecule has 3 heteroatoms. The fourth-order valence-electron chi connectivity index (χ4n) is 3.06. The van der Waals surface area contributed by atoms with Gasteiger partial charge in [0.25, 0.3) is 0 Å². The second-order valence-electron chi connectivity index (χ2n) is 6.60. The van der Waals surface area contributed by atoms with Crippen LogP contribution < -0.4 is 4.74 Å². The highest BCUT2D eigenvalue weighted by atomic mass is 79.9. The smallest absolute Gasteiger partial charge is 0.188 e. The lowest BCUT2D eigenvalue weighted by molar-refractivity contribution is 0.0502. The molecule has 0 aliphatic rings. The molecular weight excluding hydrogens is 364 g/mol. The quantitative estimate of drug-likeness (QED) is 0.433. The number of benzene rings is 2. The van der Waals surface area contributed by atoms with E-state index >= 15 is 0 Å². The zero-order valence-electron chi connectivity index (χ0n) is 15.3. The summed E-state index contributed by atoms with van der Waals surface area (Å²) in [6.07, 6.45) is 0.949. The lowest BCUT2D eigenvalue weighted by Gasteiger charge is -2.17. The molecule has 24 heavy (non-hydrogen) atoms. The summed E-state index contributed by atoms with van der Waals surface area (Å²) in [4.78, 5) is 0. The Bertz CT molecular complexity index is 669. The summed E-state index contributed by atoms with van der Waals surface area (Å²) in [5.74, 6) is 1.33. The topological polar surface area (TPSA) is 18.5 Å². The second-order valence-corrected chi connectivity index (χ2v) is 7.16. The molecule has 130 valence electrons. The van der Waals surface area contributed by atoms with Crippen LogP contribution in [0.3, 0.4) is 0 Å². The van der Waals surface area contributed by atoms with E-state index in [9.17, 15) is 0 Å². The maximum atomic E-state index is 5.70. The highest BCUT2D eigenvalue weighted by Gasteiger charge is 2.12. The van der Waals surface area contributed by atoms with Gasteiger partial charge in [-0.25, -0.2) is 0 Å². The van der Waals surface area contributed by atoms with Crippen molar-refractivity contribution < 1.29 is 9.47 Å². The molecule has 2 aromatic carbocycles. The monoisotopic (exact) mass is 390 g/mol. The van der Waals surface area contributed by atoms with Crippen LogP contribution in [0.25, 0.3) is 0 Å². The Balaban J connectivity index is 2.32. The van der Waals surface area contributed by atoms with Crippen LogP contribution in [0.5, 0.6) is 5.75 Å². The van der Waals surface area contributed by atoms with Crippen LogP contribution in [-0.4, -0.2) is 13.9 Å². The van der Waals surface area contributed by atoms with Crippen molar-refractivity contribution in [3.63, 3.8) is 0 Å². The average Bonchev–Trinajstić information content (AvgIpc) is 2.56. The number of halogens is 1. The first kappa shape index (κ1) is 19.0. The molecule has 0 atom stereocenters. The van der Waals surface area contributed by atoms with Crippen molar-refractivity contribution in [1.82, 2.24) is 0 Å². The van der Waals surface area contributed by atoms with E-state index in [-0.39, 0.29) is 6.79 Å². The van der Waals surface area contributed by atoms with Crippen molar-refractivity contribution in [3.05, 3.63) is 63.7 Å². The molecule has 2 aromatic rings. The molecule has 2 nitrogen and oxygen atoms in total. The molecule has 2 rings (SSSR count). The second kappa shape index (κ2) is 8.68. The molecule has 0 unspecified atom stereocenters. The van der Waals surface area contributed by atoms with Crippen molar-refractivity contribution in [2.75, 3.05) is 13.9 Å². The van der Waals surface area contributed by atoms with Crippen molar-refractivity contribution in [2.45, 2.75) is 45.4 Å². The zero-order valence-corrected chi connectivity index (χ0v) is 16.9. The molecule has 0 aliphatic heterocycles. The van der Waals surface area contributed by atoms with Crippen LogP contribution >= 0.6 is 15.9 Å². The van der Waals surface area contributed by atoms with E-state index in [1.807, 2.05) is 0 Å². The Morgan fingerprint density at radius 1 is 1.00 bits per heavy atom. The van der Waals surface area contributed by atoms with E-state index in [1.165, 1.54) is 33.4 Å². The molecule has 0 N–H and O–H groups in total. The van der Waals surface area contributed by atoms with E-state index in [1.54, 1.807) is 7.11 Å². The summed E-state index contributed by atoms with van der Waals surface area (Å²) in [7, 11) is 1.64. The van der Waals surface area contributed by atoms with Gasteiger partial charge < -0.3 is 9.47 Å². The minimum atomic E-state index is 0.283. The molecule has 0 fully saturated rings. The standard InChI is InChI=1S/C21H27BrO2/c1-14(2)19-10-17(6-7-21(19)24-13-23-5)11-20-15(3)8-18(12-22)9-16(20)4/h6-10,14H,11-13H2,1-5H3. The number of rotatable bonds is 7. The molecule has 0 aliphatic carbocycles. The molecule has 0 radical (unpaired) electrons. The first-order chi connectivity index (χ1) is 11.5. The van der Waals surface area contributed by atoms with Crippen molar-refractivity contribution in [1.29, 1.82) is 0 Å². The van der Waals surface area contributed by atoms with Crippen LogP contribution in [0.1, 0.15) is 53.1 Å². The number of methoxy groups -OCH3 is 1. The summed E-state index contributed by atoms with van der Waals surface area (Å²) in [6.45, 7) is 9.08. The van der Waals surface area contributed by atoms with Gasteiger partial charge in [0.15, 0.2) is 6.79 Å². The van der Waals surface area contributed by atoms with Crippen LogP contribution in [0.15, 0.2) is 30.3 Å². The van der Waals surface area contributed by atoms with Gasteiger partial charge in [0.1, 0.15) is 5.75 Å². The highest BCUT2D eigenvalue weighted by molar-refractivity contribution is 9.08. The van der Waals surface area contributed by atoms with Crippen LogP contribution in [0.2, 0.25) is 0 Å². The van der Waals surface area contributed by atoms with Gasteiger partial charge in [-0.2, -0.15) is 0 Å². The Morgan fingerprint density at radius 3 is 2.21 bits per heavy atom. The molecule has 0 saturated carbocycles. The Kier molecular flexibility index (Phi) is 6.88. The van der Waals surface area contributed by atoms with Gasteiger partial charge in [0.05, 0.1) is 0 Å². The third-order valence-electron chi connectivity index (χ3n) is 4.32. The van der Waals surface area contributed by atoms with Gasteiger partial charge in [-0.1, -0.05) is 54.0 Å². The van der Waals surface area contributed by atoms with E-state index in [0.717, 1.165) is 17.5 Å². The highest BCUT2D eigenvalue weighted by Crippen LogP contribution is 2.29. The average molecular weight is 391 g/mol. The molecular formula is C21H27BrO2. The largest absolute Gasteiger partial charge is 0.467 e. The Labute approximate surface area is 154 Å². The fourth-order valence-corrected chi connectivity index (χ4v) is 3.38. The van der Waals surface area contributed by atoms with Gasteiger partial charge in [-0.05, 0) is 65.6 Å². The SMILES string of the molecule is COCOc1ccc(Cc2c(C)cc(CBr)cc2C)cc1C(C)C. The third-order valence-corrected chi connectivity index (χ3v) is 4.97. The third kappa shape index (κ3) is 4.61. The number of hydrogen-bond acceptors (Lipinski definition) is 2. The minimum Gasteiger partial charge on any atom is -0.467 e. The predicted octanol–water partition coefficient (Wildman–Crippen LogP) is 5.90. The number of alkyl halides is 1.